The zero-order valence-corrected chi connectivity index (χ0v) is 14.8. The summed E-state index contributed by atoms with van der Waals surface area (Å²) in [5, 5.41) is 6.11. The average molecular weight is 326 g/mol. The Hall–Kier alpha value is -2.33. The number of anilines is 1. The lowest BCUT2D eigenvalue weighted by atomic mass is 10.1. The highest BCUT2D eigenvalue weighted by Gasteiger charge is 2.06. The summed E-state index contributed by atoms with van der Waals surface area (Å²) in [4.78, 5) is 12.0. The zero-order valence-electron chi connectivity index (χ0n) is 14.8. The van der Waals surface area contributed by atoms with Crippen LogP contribution in [0, 0.1) is 13.8 Å². The first-order chi connectivity index (χ1) is 11.5. The Kier molecular flexibility index (Phi) is 6.38. The molecule has 1 amide bonds. The number of carbonyl (C=O) groups is 1. The van der Waals surface area contributed by atoms with Crippen LogP contribution in [0.25, 0.3) is 0 Å². The molecule has 0 fully saturated rings. The number of hydrogen-bond acceptors (Lipinski definition) is 3. The molecule has 2 rings (SSSR count). The summed E-state index contributed by atoms with van der Waals surface area (Å²) in [7, 11) is 0. The minimum Gasteiger partial charge on any atom is -0.491 e. The summed E-state index contributed by atoms with van der Waals surface area (Å²) in [6.07, 6.45) is 0.169. The lowest BCUT2D eigenvalue weighted by molar-refractivity contribution is -0.115. The van der Waals surface area contributed by atoms with E-state index in [0.717, 1.165) is 22.6 Å². The molecule has 0 aliphatic rings. The van der Waals surface area contributed by atoms with Crippen LogP contribution in [0.1, 0.15) is 30.5 Å². The zero-order chi connectivity index (χ0) is 17.5. The number of aryl methyl sites for hydroxylation is 1. The van der Waals surface area contributed by atoms with Crippen LogP contribution in [-0.4, -0.2) is 18.6 Å². The molecular weight excluding hydrogens is 300 g/mol. The highest BCUT2D eigenvalue weighted by Crippen LogP contribution is 2.17. The third-order valence-electron chi connectivity index (χ3n) is 3.79. The minimum absolute atomic E-state index is 0.0385. The molecule has 4 heteroatoms. The fraction of sp³-hybridized carbons (Fsp3) is 0.350. The van der Waals surface area contributed by atoms with Gasteiger partial charge in [-0.2, -0.15) is 0 Å². The molecule has 2 aromatic rings. The van der Waals surface area contributed by atoms with E-state index in [-0.39, 0.29) is 18.6 Å². The minimum atomic E-state index is -0.0385. The summed E-state index contributed by atoms with van der Waals surface area (Å²) in [6, 6.07) is 13.8. The first kappa shape index (κ1) is 18.0. The van der Waals surface area contributed by atoms with E-state index in [0.29, 0.717) is 6.54 Å². The maximum Gasteiger partial charge on any atom is 0.238 e. The fourth-order valence-corrected chi connectivity index (χ4v) is 2.36. The first-order valence-corrected chi connectivity index (χ1v) is 8.28. The van der Waals surface area contributed by atoms with Gasteiger partial charge in [-0.05, 0) is 62.6 Å². The molecule has 0 atom stereocenters. The Morgan fingerprint density at radius 2 is 1.79 bits per heavy atom. The third kappa shape index (κ3) is 5.39. The van der Waals surface area contributed by atoms with Crippen molar-refractivity contribution in [2.45, 2.75) is 40.3 Å². The molecular formula is C20H26N2O2. The number of ether oxygens (including phenoxy) is 1. The summed E-state index contributed by atoms with van der Waals surface area (Å²) < 4.78 is 5.61. The average Bonchev–Trinajstić information content (AvgIpc) is 2.53. The van der Waals surface area contributed by atoms with E-state index in [4.69, 9.17) is 4.74 Å². The van der Waals surface area contributed by atoms with Crippen LogP contribution in [-0.2, 0) is 11.3 Å². The Bertz CT molecular complexity index is 679. The third-order valence-corrected chi connectivity index (χ3v) is 3.79. The van der Waals surface area contributed by atoms with E-state index in [2.05, 4.69) is 10.6 Å². The van der Waals surface area contributed by atoms with E-state index in [1.165, 1.54) is 5.56 Å². The standard InChI is InChI=1S/C20H26N2O2/c1-14(2)24-18-10-8-17(9-11-18)12-21-13-20(23)22-19-7-5-6-15(3)16(19)4/h5-11,14,21H,12-13H2,1-4H3,(H,22,23). The molecule has 128 valence electrons. The van der Waals surface area contributed by atoms with Gasteiger partial charge >= 0.3 is 0 Å². The van der Waals surface area contributed by atoms with Gasteiger partial charge in [0.25, 0.3) is 0 Å². The van der Waals surface area contributed by atoms with Crippen molar-refractivity contribution in [1.82, 2.24) is 5.32 Å². The van der Waals surface area contributed by atoms with Gasteiger partial charge in [0.15, 0.2) is 0 Å². The highest BCUT2D eigenvalue weighted by molar-refractivity contribution is 5.93. The fourth-order valence-electron chi connectivity index (χ4n) is 2.36. The van der Waals surface area contributed by atoms with Crippen molar-refractivity contribution in [3.63, 3.8) is 0 Å². The Morgan fingerprint density at radius 3 is 2.46 bits per heavy atom. The first-order valence-electron chi connectivity index (χ1n) is 8.28. The van der Waals surface area contributed by atoms with Gasteiger partial charge < -0.3 is 15.4 Å². The van der Waals surface area contributed by atoms with Gasteiger partial charge in [-0.3, -0.25) is 4.79 Å². The lowest BCUT2D eigenvalue weighted by Gasteiger charge is -2.12. The molecule has 2 N–H and O–H groups in total. The smallest absolute Gasteiger partial charge is 0.238 e. The topological polar surface area (TPSA) is 50.4 Å². The van der Waals surface area contributed by atoms with Gasteiger partial charge in [0.2, 0.25) is 5.91 Å². The van der Waals surface area contributed by atoms with Crippen LogP contribution in [0.2, 0.25) is 0 Å². The lowest BCUT2D eigenvalue weighted by Crippen LogP contribution is -2.28. The normalized spacial score (nSPS) is 10.7. The second-order valence-electron chi connectivity index (χ2n) is 6.21. The van der Waals surface area contributed by atoms with Crippen LogP contribution in [0.4, 0.5) is 5.69 Å². The molecule has 0 saturated carbocycles. The van der Waals surface area contributed by atoms with Crippen LogP contribution < -0.4 is 15.4 Å². The molecule has 0 unspecified atom stereocenters. The predicted molar refractivity (Wildman–Crippen MR) is 98.5 cm³/mol. The van der Waals surface area contributed by atoms with E-state index >= 15 is 0 Å². The predicted octanol–water partition coefficient (Wildman–Crippen LogP) is 3.82. The SMILES string of the molecule is Cc1cccc(NC(=O)CNCc2ccc(OC(C)C)cc2)c1C. The molecule has 0 heterocycles. The van der Waals surface area contributed by atoms with Crippen molar-refractivity contribution in [1.29, 1.82) is 0 Å². The second kappa shape index (κ2) is 8.50. The molecule has 24 heavy (non-hydrogen) atoms. The summed E-state index contributed by atoms with van der Waals surface area (Å²) in [5.74, 6) is 0.824. The highest BCUT2D eigenvalue weighted by atomic mass is 16.5. The largest absolute Gasteiger partial charge is 0.491 e. The van der Waals surface area contributed by atoms with Crippen molar-refractivity contribution >= 4 is 11.6 Å². The van der Waals surface area contributed by atoms with Gasteiger partial charge in [-0.15, -0.1) is 0 Å². The summed E-state index contributed by atoms with van der Waals surface area (Å²) in [6.45, 7) is 8.98. The Labute approximate surface area is 144 Å². The van der Waals surface area contributed by atoms with E-state index < -0.39 is 0 Å². The summed E-state index contributed by atoms with van der Waals surface area (Å²) >= 11 is 0. The maximum absolute atomic E-state index is 12.0. The van der Waals surface area contributed by atoms with E-state index in [1.54, 1.807) is 0 Å². The number of carbonyl (C=O) groups excluding carboxylic acids is 1. The van der Waals surface area contributed by atoms with Crippen LogP contribution in [0.15, 0.2) is 42.5 Å². The molecule has 4 nitrogen and oxygen atoms in total. The van der Waals surface area contributed by atoms with Crippen LogP contribution in [0.3, 0.4) is 0 Å². The Balaban J connectivity index is 1.79. The number of amides is 1. The number of benzene rings is 2. The molecule has 0 aromatic heterocycles. The molecule has 0 spiro atoms. The number of rotatable bonds is 7. The van der Waals surface area contributed by atoms with Crippen LogP contribution in [0.5, 0.6) is 5.75 Å². The second-order valence-corrected chi connectivity index (χ2v) is 6.21. The van der Waals surface area contributed by atoms with Crippen molar-refractivity contribution in [3.05, 3.63) is 59.2 Å². The maximum atomic E-state index is 12.0. The molecule has 0 bridgehead atoms. The number of hydrogen-bond donors (Lipinski definition) is 2. The van der Waals surface area contributed by atoms with Gasteiger partial charge in [-0.1, -0.05) is 24.3 Å². The van der Waals surface area contributed by atoms with Crippen molar-refractivity contribution in [3.8, 4) is 5.75 Å². The van der Waals surface area contributed by atoms with E-state index in [9.17, 15) is 4.79 Å². The quantitative estimate of drug-likeness (QED) is 0.813. The van der Waals surface area contributed by atoms with Gasteiger partial charge in [0.05, 0.1) is 12.6 Å². The van der Waals surface area contributed by atoms with E-state index in [1.807, 2.05) is 70.2 Å². The molecule has 0 aliphatic carbocycles. The molecule has 2 aromatic carbocycles. The molecule has 0 saturated heterocycles. The Morgan fingerprint density at radius 1 is 1.08 bits per heavy atom. The summed E-state index contributed by atoms with van der Waals surface area (Å²) in [5.41, 5.74) is 4.26. The van der Waals surface area contributed by atoms with Gasteiger partial charge in [-0.25, -0.2) is 0 Å². The molecule has 0 radical (unpaired) electrons. The molecule has 0 aliphatic heterocycles. The van der Waals surface area contributed by atoms with Crippen molar-refractivity contribution in [2.24, 2.45) is 0 Å². The number of nitrogens with one attached hydrogen (secondary N) is 2. The van der Waals surface area contributed by atoms with Crippen molar-refractivity contribution in [2.75, 3.05) is 11.9 Å². The van der Waals surface area contributed by atoms with Crippen molar-refractivity contribution < 1.29 is 9.53 Å². The van der Waals surface area contributed by atoms with Gasteiger partial charge in [0.1, 0.15) is 5.75 Å². The van der Waals surface area contributed by atoms with Gasteiger partial charge in [0, 0.05) is 12.2 Å². The van der Waals surface area contributed by atoms with Crippen LogP contribution >= 0.6 is 0 Å². The monoisotopic (exact) mass is 326 g/mol.